The third-order valence-corrected chi connectivity index (χ3v) is 6.70. The zero-order valence-corrected chi connectivity index (χ0v) is 21.7. The van der Waals surface area contributed by atoms with Gasteiger partial charge in [0.05, 0.1) is 12.8 Å². The van der Waals surface area contributed by atoms with E-state index in [-0.39, 0.29) is 0 Å². The summed E-state index contributed by atoms with van der Waals surface area (Å²) in [5, 5.41) is 3.46. The molecule has 1 aliphatic heterocycles. The Morgan fingerprint density at radius 3 is 2.57 bits per heavy atom. The lowest BCUT2D eigenvalue weighted by molar-refractivity contribution is 0.251. The third-order valence-electron chi connectivity index (χ3n) is 6.70. The SMILES string of the molecule is CC1C=CC=CC1COc1cccc(Nc2cc(N(C)C)nc(N3CCN(c4cnccn4)CC3)n2)c1. The molecule has 5 rings (SSSR count). The standard InChI is InChI=1S/C28H34N8O/c1-21-7-4-5-8-22(21)20-37-24-10-6-9-23(17-24)31-25-18-26(34(2)3)33-28(32-25)36-15-13-35(14-16-36)27-19-29-11-12-30-27/h4-12,17-19,21-22H,13-16,20H2,1-3H3,(H,31,32,33). The summed E-state index contributed by atoms with van der Waals surface area (Å²) in [5.41, 5.74) is 0.923. The van der Waals surface area contributed by atoms with Gasteiger partial charge >= 0.3 is 0 Å². The maximum absolute atomic E-state index is 6.13. The fourth-order valence-electron chi connectivity index (χ4n) is 4.42. The molecule has 9 nitrogen and oxygen atoms in total. The number of anilines is 5. The van der Waals surface area contributed by atoms with Gasteiger partial charge < -0.3 is 24.8 Å². The Morgan fingerprint density at radius 1 is 1.00 bits per heavy atom. The van der Waals surface area contributed by atoms with Crippen LogP contribution in [0.3, 0.4) is 0 Å². The highest BCUT2D eigenvalue weighted by Gasteiger charge is 2.21. The van der Waals surface area contributed by atoms with Gasteiger partial charge in [-0.25, -0.2) is 4.98 Å². The lowest BCUT2D eigenvalue weighted by atomic mass is 9.91. The molecule has 192 valence electrons. The Labute approximate surface area is 218 Å². The summed E-state index contributed by atoms with van der Waals surface area (Å²) in [6.07, 6.45) is 13.9. The number of piperazine rings is 1. The lowest BCUT2D eigenvalue weighted by Gasteiger charge is -2.35. The van der Waals surface area contributed by atoms with Gasteiger partial charge in [0.15, 0.2) is 0 Å². The molecule has 2 aliphatic rings. The molecule has 2 atom stereocenters. The van der Waals surface area contributed by atoms with E-state index in [2.05, 4.69) is 56.3 Å². The first-order valence-electron chi connectivity index (χ1n) is 12.7. The summed E-state index contributed by atoms with van der Waals surface area (Å²) in [7, 11) is 3.98. The molecule has 1 aliphatic carbocycles. The number of allylic oxidation sites excluding steroid dienone is 3. The van der Waals surface area contributed by atoms with Crippen LogP contribution in [0.15, 0.2) is 73.2 Å². The number of benzene rings is 1. The van der Waals surface area contributed by atoms with Crippen LogP contribution in [-0.2, 0) is 0 Å². The van der Waals surface area contributed by atoms with E-state index in [4.69, 9.17) is 14.7 Å². The first kappa shape index (κ1) is 24.5. The number of aromatic nitrogens is 4. The van der Waals surface area contributed by atoms with Crippen molar-refractivity contribution >= 4 is 29.1 Å². The average molecular weight is 499 g/mol. The third kappa shape index (κ3) is 6.17. The molecule has 0 bridgehead atoms. The number of nitrogens with one attached hydrogen (secondary N) is 1. The summed E-state index contributed by atoms with van der Waals surface area (Å²) in [4.78, 5) is 24.8. The topological polar surface area (TPSA) is 82.5 Å². The van der Waals surface area contributed by atoms with Crippen LogP contribution in [0.25, 0.3) is 0 Å². The van der Waals surface area contributed by atoms with Gasteiger partial charge in [0, 0.05) is 76.4 Å². The summed E-state index contributed by atoms with van der Waals surface area (Å²) >= 11 is 0. The van der Waals surface area contributed by atoms with E-state index >= 15 is 0 Å². The predicted octanol–water partition coefficient (Wildman–Crippen LogP) is 4.16. The average Bonchev–Trinajstić information content (AvgIpc) is 2.93. The first-order chi connectivity index (χ1) is 18.0. The van der Waals surface area contributed by atoms with Crippen molar-refractivity contribution in [1.29, 1.82) is 0 Å². The van der Waals surface area contributed by atoms with Crippen LogP contribution in [0.2, 0.25) is 0 Å². The fourth-order valence-corrected chi connectivity index (χ4v) is 4.42. The number of hydrogen-bond donors (Lipinski definition) is 1. The number of ether oxygens (including phenoxy) is 1. The molecule has 2 unspecified atom stereocenters. The molecule has 1 N–H and O–H groups in total. The van der Waals surface area contributed by atoms with Crippen molar-refractivity contribution in [1.82, 2.24) is 19.9 Å². The molecule has 3 aromatic rings. The number of hydrogen-bond acceptors (Lipinski definition) is 9. The molecule has 0 spiro atoms. The van der Waals surface area contributed by atoms with Gasteiger partial charge in [-0.1, -0.05) is 37.3 Å². The van der Waals surface area contributed by atoms with E-state index in [1.54, 1.807) is 12.4 Å². The number of nitrogens with zero attached hydrogens (tertiary/aromatic N) is 7. The van der Waals surface area contributed by atoms with Crippen molar-refractivity contribution in [2.75, 3.05) is 66.9 Å². The highest BCUT2D eigenvalue weighted by Crippen LogP contribution is 2.27. The van der Waals surface area contributed by atoms with E-state index in [1.165, 1.54) is 0 Å². The molecular formula is C28H34N8O. The Bertz CT molecular complexity index is 1240. The lowest BCUT2D eigenvalue weighted by Crippen LogP contribution is -2.47. The maximum Gasteiger partial charge on any atom is 0.229 e. The van der Waals surface area contributed by atoms with Crippen molar-refractivity contribution < 1.29 is 4.74 Å². The molecule has 1 saturated heterocycles. The van der Waals surface area contributed by atoms with Gasteiger partial charge in [-0.3, -0.25) is 4.98 Å². The van der Waals surface area contributed by atoms with Gasteiger partial charge in [-0.15, -0.1) is 0 Å². The van der Waals surface area contributed by atoms with Crippen LogP contribution in [0.1, 0.15) is 6.92 Å². The van der Waals surface area contributed by atoms with Gasteiger partial charge in [0.1, 0.15) is 23.2 Å². The summed E-state index contributed by atoms with van der Waals surface area (Å²) in [5.74, 6) is 4.90. The Hall–Kier alpha value is -4.14. The Morgan fingerprint density at radius 2 is 1.81 bits per heavy atom. The fraction of sp³-hybridized carbons (Fsp3) is 0.357. The zero-order valence-electron chi connectivity index (χ0n) is 21.7. The van der Waals surface area contributed by atoms with Crippen LogP contribution < -0.4 is 24.8 Å². The van der Waals surface area contributed by atoms with E-state index in [9.17, 15) is 0 Å². The zero-order chi connectivity index (χ0) is 25.6. The summed E-state index contributed by atoms with van der Waals surface area (Å²) in [6, 6.07) is 10.00. The second kappa shape index (κ2) is 11.3. The van der Waals surface area contributed by atoms with E-state index < -0.39 is 0 Å². The second-order valence-electron chi connectivity index (χ2n) is 9.60. The molecule has 1 fully saturated rings. The first-order valence-corrected chi connectivity index (χ1v) is 12.7. The maximum atomic E-state index is 6.13. The minimum atomic E-state index is 0.378. The Balaban J connectivity index is 1.27. The van der Waals surface area contributed by atoms with Gasteiger partial charge in [0.25, 0.3) is 0 Å². The molecule has 3 heterocycles. The molecule has 9 heteroatoms. The highest BCUT2D eigenvalue weighted by molar-refractivity contribution is 5.63. The van der Waals surface area contributed by atoms with Crippen molar-refractivity contribution in [2.45, 2.75) is 6.92 Å². The van der Waals surface area contributed by atoms with E-state index in [0.717, 1.165) is 55.1 Å². The van der Waals surface area contributed by atoms with Crippen molar-refractivity contribution in [3.8, 4) is 5.75 Å². The molecule has 1 aromatic carbocycles. The predicted molar refractivity (Wildman–Crippen MR) is 149 cm³/mol. The van der Waals surface area contributed by atoms with Crippen molar-refractivity contribution in [3.05, 3.63) is 73.2 Å². The number of rotatable bonds is 8. The minimum Gasteiger partial charge on any atom is -0.493 e. The minimum absolute atomic E-state index is 0.378. The van der Waals surface area contributed by atoms with Crippen LogP contribution in [0.4, 0.5) is 29.1 Å². The molecule has 0 saturated carbocycles. The van der Waals surface area contributed by atoms with Gasteiger partial charge in [-0.05, 0) is 18.1 Å². The monoisotopic (exact) mass is 498 g/mol. The molecular weight excluding hydrogens is 464 g/mol. The van der Waals surface area contributed by atoms with E-state index in [0.29, 0.717) is 24.4 Å². The molecule has 2 aromatic heterocycles. The van der Waals surface area contributed by atoms with Crippen LogP contribution in [0, 0.1) is 11.8 Å². The summed E-state index contributed by atoms with van der Waals surface area (Å²) < 4.78 is 6.13. The largest absolute Gasteiger partial charge is 0.493 e. The van der Waals surface area contributed by atoms with Crippen LogP contribution in [-0.4, -0.2) is 66.8 Å². The van der Waals surface area contributed by atoms with Crippen LogP contribution >= 0.6 is 0 Å². The molecule has 0 radical (unpaired) electrons. The smallest absolute Gasteiger partial charge is 0.229 e. The van der Waals surface area contributed by atoms with Crippen molar-refractivity contribution in [3.63, 3.8) is 0 Å². The van der Waals surface area contributed by atoms with Gasteiger partial charge in [0.2, 0.25) is 5.95 Å². The van der Waals surface area contributed by atoms with Crippen LogP contribution in [0.5, 0.6) is 5.75 Å². The molecule has 37 heavy (non-hydrogen) atoms. The Kier molecular flexibility index (Phi) is 7.49. The van der Waals surface area contributed by atoms with E-state index in [1.807, 2.05) is 55.5 Å². The molecule has 0 amide bonds. The quantitative estimate of drug-likeness (QED) is 0.492. The highest BCUT2D eigenvalue weighted by atomic mass is 16.5. The normalized spacial score (nSPS) is 19.1. The second-order valence-corrected chi connectivity index (χ2v) is 9.60. The van der Waals surface area contributed by atoms with Crippen molar-refractivity contribution in [2.24, 2.45) is 11.8 Å². The van der Waals surface area contributed by atoms with Gasteiger partial charge in [-0.2, -0.15) is 9.97 Å². The summed E-state index contributed by atoms with van der Waals surface area (Å²) in [6.45, 7) is 6.14.